The standard InChI is InChI=1S/C20H30BNO6/c1-12-14(16(23)25-9)10-13(22-17(24)26-18(2,3)4)11-15(12)21-27-19(5,6)20(7,8)28-21/h10-11H,1-9H3,(H,22,24). The Morgan fingerprint density at radius 3 is 2.07 bits per heavy atom. The van der Waals surface area contributed by atoms with Gasteiger partial charge in [-0.25, -0.2) is 9.59 Å². The van der Waals surface area contributed by atoms with Crippen LogP contribution in [0, 0.1) is 6.92 Å². The van der Waals surface area contributed by atoms with Gasteiger partial charge in [-0.2, -0.15) is 0 Å². The third-order valence-corrected chi connectivity index (χ3v) is 5.01. The minimum Gasteiger partial charge on any atom is -0.465 e. The summed E-state index contributed by atoms with van der Waals surface area (Å²) in [5, 5.41) is 2.67. The van der Waals surface area contributed by atoms with E-state index in [-0.39, 0.29) is 0 Å². The first-order valence-electron chi connectivity index (χ1n) is 9.25. The number of rotatable bonds is 3. The molecule has 1 fully saturated rings. The molecule has 0 radical (unpaired) electrons. The molecule has 8 heteroatoms. The first-order valence-corrected chi connectivity index (χ1v) is 9.25. The van der Waals surface area contributed by atoms with Crippen LogP contribution in [0.2, 0.25) is 0 Å². The lowest BCUT2D eigenvalue weighted by atomic mass is 9.74. The summed E-state index contributed by atoms with van der Waals surface area (Å²) >= 11 is 0. The fraction of sp³-hybridized carbons (Fsp3) is 0.600. The van der Waals surface area contributed by atoms with Crippen LogP contribution in [0.25, 0.3) is 0 Å². The molecule has 1 N–H and O–H groups in total. The average Bonchev–Trinajstić information content (AvgIpc) is 2.74. The molecule has 1 amide bonds. The highest BCUT2D eigenvalue weighted by Gasteiger charge is 2.52. The zero-order valence-corrected chi connectivity index (χ0v) is 18.2. The molecule has 1 aromatic carbocycles. The van der Waals surface area contributed by atoms with Crippen LogP contribution in [0.3, 0.4) is 0 Å². The summed E-state index contributed by atoms with van der Waals surface area (Å²) in [7, 11) is 0.623. The molecule has 2 rings (SSSR count). The molecule has 1 heterocycles. The van der Waals surface area contributed by atoms with E-state index in [1.165, 1.54) is 7.11 Å². The van der Waals surface area contributed by atoms with E-state index in [2.05, 4.69) is 5.32 Å². The number of carbonyl (C=O) groups is 2. The summed E-state index contributed by atoms with van der Waals surface area (Å²) in [5.74, 6) is -0.511. The summed E-state index contributed by atoms with van der Waals surface area (Å²) in [4.78, 5) is 24.5. The average molecular weight is 391 g/mol. The van der Waals surface area contributed by atoms with Gasteiger partial charge >= 0.3 is 19.2 Å². The Morgan fingerprint density at radius 2 is 1.61 bits per heavy atom. The molecule has 1 aliphatic rings. The van der Waals surface area contributed by atoms with Gasteiger partial charge in [0.15, 0.2) is 0 Å². The van der Waals surface area contributed by atoms with Crippen LogP contribution in [0.1, 0.15) is 64.4 Å². The van der Waals surface area contributed by atoms with Gasteiger partial charge in [0.2, 0.25) is 0 Å². The first kappa shape index (κ1) is 22.2. The van der Waals surface area contributed by atoms with E-state index in [4.69, 9.17) is 18.8 Å². The molecule has 1 saturated heterocycles. The Hall–Kier alpha value is -2.06. The molecule has 0 bridgehead atoms. The number of carbonyl (C=O) groups excluding carboxylic acids is 2. The minimum absolute atomic E-state index is 0.320. The van der Waals surface area contributed by atoms with Crippen molar-refractivity contribution in [2.45, 2.75) is 72.2 Å². The molecule has 0 aliphatic carbocycles. The van der Waals surface area contributed by atoms with Crippen molar-refractivity contribution in [3.05, 3.63) is 23.3 Å². The van der Waals surface area contributed by atoms with Gasteiger partial charge in [0, 0.05) is 5.69 Å². The van der Waals surface area contributed by atoms with Crippen molar-refractivity contribution in [2.75, 3.05) is 12.4 Å². The number of nitrogens with one attached hydrogen (secondary N) is 1. The second-order valence-corrected chi connectivity index (χ2v) is 8.94. The third kappa shape index (κ3) is 4.67. The van der Waals surface area contributed by atoms with Crippen LogP contribution < -0.4 is 10.8 Å². The number of ether oxygens (including phenoxy) is 2. The molecule has 0 atom stereocenters. The Labute approximate surface area is 167 Å². The molecule has 0 saturated carbocycles. The van der Waals surface area contributed by atoms with Crippen molar-refractivity contribution in [1.82, 2.24) is 0 Å². The predicted octanol–water partition coefficient (Wildman–Crippen LogP) is 3.43. The molecule has 1 aromatic rings. The zero-order valence-electron chi connectivity index (χ0n) is 18.2. The number of esters is 1. The normalized spacial score (nSPS) is 18.0. The van der Waals surface area contributed by atoms with Gasteiger partial charge < -0.3 is 18.8 Å². The maximum absolute atomic E-state index is 12.3. The fourth-order valence-corrected chi connectivity index (χ4v) is 2.77. The molecule has 0 aromatic heterocycles. The van der Waals surface area contributed by atoms with Crippen LogP contribution in [-0.2, 0) is 18.8 Å². The van der Waals surface area contributed by atoms with E-state index in [1.54, 1.807) is 39.8 Å². The van der Waals surface area contributed by atoms with E-state index in [0.29, 0.717) is 22.3 Å². The summed E-state index contributed by atoms with van der Waals surface area (Å²) in [6.45, 7) is 14.9. The van der Waals surface area contributed by atoms with Crippen LogP contribution in [-0.4, -0.2) is 43.1 Å². The van der Waals surface area contributed by atoms with Crippen LogP contribution in [0.15, 0.2) is 12.1 Å². The smallest absolute Gasteiger partial charge is 0.465 e. The van der Waals surface area contributed by atoms with Crippen molar-refractivity contribution in [2.24, 2.45) is 0 Å². The zero-order chi connectivity index (χ0) is 21.5. The molecule has 0 unspecified atom stereocenters. The minimum atomic E-state index is -0.686. The predicted molar refractivity (Wildman–Crippen MR) is 108 cm³/mol. The van der Waals surface area contributed by atoms with Crippen molar-refractivity contribution < 1.29 is 28.4 Å². The van der Waals surface area contributed by atoms with Crippen LogP contribution >= 0.6 is 0 Å². The monoisotopic (exact) mass is 391 g/mol. The number of methoxy groups -OCH3 is 1. The van der Waals surface area contributed by atoms with Crippen molar-refractivity contribution in [3.63, 3.8) is 0 Å². The number of hydrogen-bond donors (Lipinski definition) is 1. The highest BCUT2D eigenvalue weighted by Crippen LogP contribution is 2.37. The summed E-state index contributed by atoms with van der Waals surface area (Å²) in [6, 6.07) is 3.29. The van der Waals surface area contributed by atoms with Gasteiger partial charge in [0.25, 0.3) is 0 Å². The van der Waals surface area contributed by atoms with Gasteiger partial charge in [-0.05, 0) is 78.5 Å². The SMILES string of the molecule is COC(=O)c1cc(NC(=O)OC(C)(C)C)cc(B2OC(C)(C)C(C)(C)O2)c1C. The molecule has 7 nitrogen and oxygen atoms in total. The first-order chi connectivity index (χ1) is 12.7. The molecular formula is C20H30BNO6. The van der Waals surface area contributed by atoms with E-state index >= 15 is 0 Å². The Bertz CT molecular complexity index is 766. The maximum atomic E-state index is 12.3. The largest absolute Gasteiger partial charge is 0.495 e. The lowest BCUT2D eigenvalue weighted by molar-refractivity contribution is 0.00578. The van der Waals surface area contributed by atoms with Gasteiger partial charge in [-0.1, -0.05) is 0 Å². The van der Waals surface area contributed by atoms with Crippen molar-refractivity contribution in [1.29, 1.82) is 0 Å². The second kappa shape index (κ2) is 7.41. The second-order valence-electron chi connectivity index (χ2n) is 8.94. The highest BCUT2D eigenvalue weighted by atomic mass is 16.7. The van der Waals surface area contributed by atoms with E-state index in [9.17, 15) is 9.59 Å². The van der Waals surface area contributed by atoms with Gasteiger partial charge in [0.05, 0.1) is 23.9 Å². The summed E-state index contributed by atoms with van der Waals surface area (Å²) in [5.41, 5.74) is 0.307. The van der Waals surface area contributed by atoms with Crippen molar-refractivity contribution in [3.8, 4) is 0 Å². The van der Waals surface area contributed by atoms with Crippen molar-refractivity contribution >= 4 is 30.3 Å². The van der Waals surface area contributed by atoms with Gasteiger partial charge in [-0.15, -0.1) is 0 Å². The topological polar surface area (TPSA) is 83.1 Å². The summed E-state index contributed by atoms with van der Waals surface area (Å²) < 4.78 is 22.4. The number of amides is 1. The lowest BCUT2D eigenvalue weighted by Gasteiger charge is -2.32. The lowest BCUT2D eigenvalue weighted by Crippen LogP contribution is -2.41. The van der Waals surface area contributed by atoms with Gasteiger partial charge in [0.1, 0.15) is 5.60 Å². The molecule has 0 spiro atoms. The van der Waals surface area contributed by atoms with E-state index in [0.717, 1.165) is 0 Å². The molecule has 154 valence electrons. The molecule has 28 heavy (non-hydrogen) atoms. The Morgan fingerprint density at radius 1 is 1.07 bits per heavy atom. The number of anilines is 1. The number of hydrogen-bond acceptors (Lipinski definition) is 6. The molecular weight excluding hydrogens is 361 g/mol. The van der Waals surface area contributed by atoms with Crippen LogP contribution in [0.4, 0.5) is 10.5 Å². The van der Waals surface area contributed by atoms with E-state index < -0.39 is 36.0 Å². The third-order valence-electron chi connectivity index (χ3n) is 5.01. The Balaban J connectivity index is 2.45. The fourth-order valence-electron chi connectivity index (χ4n) is 2.77. The Kier molecular flexibility index (Phi) is 5.88. The number of benzene rings is 1. The highest BCUT2D eigenvalue weighted by molar-refractivity contribution is 6.63. The van der Waals surface area contributed by atoms with Gasteiger partial charge in [-0.3, -0.25) is 5.32 Å². The van der Waals surface area contributed by atoms with E-state index in [1.807, 2.05) is 27.7 Å². The molecule has 1 aliphatic heterocycles. The van der Waals surface area contributed by atoms with Crippen LogP contribution in [0.5, 0.6) is 0 Å². The maximum Gasteiger partial charge on any atom is 0.495 e. The quantitative estimate of drug-likeness (QED) is 0.628. The summed E-state index contributed by atoms with van der Waals surface area (Å²) in [6.07, 6.45) is -0.618.